The van der Waals surface area contributed by atoms with Gasteiger partial charge in [-0.25, -0.2) is 10.4 Å². The molecule has 0 unspecified atom stereocenters. The van der Waals surface area contributed by atoms with Crippen LogP contribution < -0.4 is 11.0 Å². The number of para-hydroxylation sites is 1. The first-order valence-corrected chi connectivity index (χ1v) is 9.86. The normalized spacial score (nSPS) is 11.9. The summed E-state index contributed by atoms with van der Waals surface area (Å²) in [6, 6.07) is 11.5. The van der Waals surface area contributed by atoms with Gasteiger partial charge in [0, 0.05) is 24.6 Å². The Morgan fingerprint density at radius 2 is 2.11 bits per heavy atom. The predicted molar refractivity (Wildman–Crippen MR) is 112 cm³/mol. The first-order valence-electron chi connectivity index (χ1n) is 9.04. The highest BCUT2D eigenvalue weighted by Gasteiger charge is 2.11. The molecule has 0 aliphatic rings. The van der Waals surface area contributed by atoms with Gasteiger partial charge in [-0.3, -0.25) is 9.36 Å². The van der Waals surface area contributed by atoms with Crippen molar-refractivity contribution in [2.24, 2.45) is 5.10 Å². The van der Waals surface area contributed by atoms with E-state index in [9.17, 15) is 4.79 Å². The number of nitrogens with zero attached hydrogens (tertiary/aromatic N) is 3. The van der Waals surface area contributed by atoms with Crippen molar-refractivity contribution in [1.29, 1.82) is 0 Å². The zero-order valence-corrected chi connectivity index (χ0v) is 16.7. The van der Waals surface area contributed by atoms with Crippen LogP contribution in [0.25, 0.3) is 10.9 Å². The molecule has 6 nitrogen and oxygen atoms in total. The highest BCUT2D eigenvalue weighted by molar-refractivity contribution is 7.14. The second-order valence-electron chi connectivity index (χ2n) is 6.18. The Balaban J connectivity index is 1.92. The van der Waals surface area contributed by atoms with Crippen molar-refractivity contribution in [1.82, 2.24) is 9.55 Å². The molecule has 2 heterocycles. The number of hydrogen-bond acceptors (Lipinski definition) is 6. The second-order valence-corrected chi connectivity index (χ2v) is 7.47. The van der Waals surface area contributed by atoms with Gasteiger partial charge >= 0.3 is 0 Å². The van der Waals surface area contributed by atoms with E-state index in [-0.39, 0.29) is 5.56 Å². The number of nitrogens with one attached hydrogen (secondary N) is 1. The second kappa shape index (κ2) is 8.92. The fraction of sp³-hybridized carbons (Fsp3) is 0.350. The topological polar surface area (TPSA) is 68.5 Å². The van der Waals surface area contributed by atoms with Crippen molar-refractivity contribution in [3.05, 3.63) is 56.5 Å². The van der Waals surface area contributed by atoms with E-state index in [1.807, 2.05) is 38.1 Å². The molecular weight excluding hydrogens is 360 g/mol. The van der Waals surface area contributed by atoms with Crippen LogP contribution in [0, 0.1) is 6.92 Å². The van der Waals surface area contributed by atoms with E-state index in [0.29, 0.717) is 36.6 Å². The molecule has 0 radical (unpaired) electrons. The first-order chi connectivity index (χ1) is 13.1. The van der Waals surface area contributed by atoms with Crippen molar-refractivity contribution in [3.8, 4) is 0 Å². The van der Waals surface area contributed by atoms with Crippen molar-refractivity contribution < 1.29 is 4.74 Å². The molecular formula is C20H24N4O2S. The van der Waals surface area contributed by atoms with Gasteiger partial charge in [-0.15, -0.1) is 11.3 Å². The Hall–Kier alpha value is -2.51. The van der Waals surface area contributed by atoms with Crippen LogP contribution in [-0.4, -0.2) is 28.5 Å². The van der Waals surface area contributed by atoms with E-state index in [4.69, 9.17) is 4.74 Å². The molecule has 7 heteroatoms. The molecule has 1 aromatic carbocycles. The molecule has 0 saturated carbocycles. The number of hydrazone groups is 1. The van der Waals surface area contributed by atoms with Gasteiger partial charge in [0.05, 0.1) is 21.5 Å². The Kier molecular flexibility index (Phi) is 6.36. The van der Waals surface area contributed by atoms with Gasteiger partial charge in [0.1, 0.15) is 0 Å². The van der Waals surface area contributed by atoms with Gasteiger partial charge in [0.25, 0.3) is 5.56 Å². The number of hydrogen-bond donors (Lipinski definition) is 1. The van der Waals surface area contributed by atoms with Crippen LogP contribution in [0.5, 0.6) is 0 Å². The quantitative estimate of drug-likeness (QED) is 0.362. The van der Waals surface area contributed by atoms with E-state index in [1.54, 1.807) is 22.0 Å². The largest absolute Gasteiger partial charge is 0.382 e. The zero-order valence-electron chi connectivity index (χ0n) is 15.9. The van der Waals surface area contributed by atoms with Crippen molar-refractivity contribution >= 4 is 33.9 Å². The average Bonchev–Trinajstić information content (AvgIpc) is 3.11. The fourth-order valence-electron chi connectivity index (χ4n) is 2.75. The molecule has 0 amide bonds. The lowest BCUT2D eigenvalue weighted by molar-refractivity contribution is 0.141. The van der Waals surface area contributed by atoms with Crippen molar-refractivity contribution in [2.75, 3.05) is 18.6 Å². The van der Waals surface area contributed by atoms with Crippen LogP contribution in [0.3, 0.4) is 0 Å². The molecule has 0 spiro atoms. The molecule has 3 aromatic rings. The average molecular weight is 385 g/mol. The van der Waals surface area contributed by atoms with E-state index >= 15 is 0 Å². The molecule has 1 N–H and O–H groups in total. The Morgan fingerprint density at radius 3 is 2.85 bits per heavy atom. The van der Waals surface area contributed by atoms with Crippen LogP contribution >= 0.6 is 11.3 Å². The van der Waals surface area contributed by atoms with Crippen LogP contribution in [0.15, 0.2) is 46.3 Å². The molecule has 3 rings (SSSR count). The zero-order chi connectivity index (χ0) is 19.2. The van der Waals surface area contributed by atoms with Crippen molar-refractivity contribution in [2.45, 2.75) is 33.7 Å². The monoisotopic (exact) mass is 384 g/mol. The smallest absolute Gasteiger partial charge is 0.262 e. The Morgan fingerprint density at radius 1 is 1.30 bits per heavy atom. The summed E-state index contributed by atoms with van der Waals surface area (Å²) in [5, 5.41) is 5.06. The van der Waals surface area contributed by atoms with Crippen LogP contribution in [0.2, 0.25) is 0 Å². The summed E-state index contributed by atoms with van der Waals surface area (Å²) in [6.07, 6.45) is 0.731. The maximum absolute atomic E-state index is 12.9. The molecule has 0 bridgehead atoms. The maximum Gasteiger partial charge on any atom is 0.262 e. The van der Waals surface area contributed by atoms with Gasteiger partial charge in [-0.05, 0) is 51.5 Å². The molecule has 0 aliphatic heterocycles. The SMILES string of the molecule is CCOCCCn1c(N/N=C(/C)c2ccc(C)s2)nc2ccccc2c1=O. The van der Waals surface area contributed by atoms with Gasteiger partial charge in [-0.1, -0.05) is 12.1 Å². The number of thiophene rings is 1. The third-order valence-electron chi connectivity index (χ3n) is 4.16. The van der Waals surface area contributed by atoms with Crippen LogP contribution in [0.1, 0.15) is 30.0 Å². The minimum absolute atomic E-state index is 0.0700. The van der Waals surface area contributed by atoms with Crippen LogP contribution in [0.4, 0.5) is 5.95 Å². The number of rotatable bonds is 8. The highest BCUT2D eigenvalue weighted by Crippen LogP contribution is 2.17. The lowest BCUT2D eigenvalue weighted by atomic mass is 10.2. The number of aromatic nitrogens is 2. The summed E-state index contributed by atoms with van der Waals surface area (Å²) in [6.45, 7) is 7.75. The van der Waals surface area contributed by atoms with E-state index in [0.717, 1.165) is 17.0 Å². The number of benzene rings is 1. The molecule has 0 atom stereocenters. The van der Waals surface area contributed by atoms with E-state index < -0.39 is 0 Å². The number of fused-ring (bicyclic) bond motifs is 1. The van der Waals surface area contributed by atoms with Crippen LogP contribution in [-0.2, 0) is 11.3 Å². The van der Waals surface area contributed by atoms with Gasteiger partial charge in [-0.2, -0.15) is 5.10 Å². The van der Waals surface area contributed by atoms with E-state index in [2.05, 4.69) is 28.5 Å². The summed E-state index contributed by atoms with van der Waals surface area (Å²) >= 11 is 1.68. The third-order valence-corrected chi connectivity index (χ3v) is 5.27. The number of ether oxygens (including phenoxy) is 1. The Labute approximate surface area is 162 Å². The standard InChI is InChI=1S/C20H24N4O2S/c1-4-26-13-7-12-24-19(25)16-8-5-6-9-17(16)21-20(24)23-22-15(3)18-11-10-14(2)27-18/h5-6,8-11H,4,7,12-13H2,1-3H3,(H,21,23)/b22-15-. The summed E-state index contributed by atoms with van der Waals surface area (Å²) in [5.41, 5.74) is 4.45. The molecule has 0 fully saturated rings. The van der Waals surface area contributed by atoms with E-state index in [1.165, 1.54) is 4.88 Å². The van der Waals surface area contributed by atoms with Gasteiger partial charge in [0.15, 0.2) is 0 Å². The van der Waals surface area contributed by atoms with Gasteiger partial charge < -0.3 is 4.74 Å². The summed E-state index contributed by atoms with van der Waals surface area (Å²) in [7, 11) is 0. The predicted octanol–water partition coefficient (Wildman–Crippen LogP) is 4.03. The molecule has 142 valence electrons. The lowest BCUT2D eigenvalue weighted by Crippen LogP contribution is -2.25. The number of aryl methyl sites for hydroxylation is 1. The van der Waals surface area contributed by atoms with Crippen molar-refractivity contribution in [3.63, 3.8) is 0 Å². The minimum Gasteiger partial charge on any atom is -0.382 e. The lowest BCUT2D eigenvalue weighted by Gasteiger charge is -2.13. The summed E-state index contributed by atoms with van der Waals surface area (Å²) < 4.78 is 7.04. The molecule has 2 aromatic heterocycles. The summed E-state index contributed by atoms with van der Waals surface area (Å²) in [4.78, 5) is 19.9. The van der Waals surface area contributed by atoms with Gasteiger partial charge in [0.2, 0.25) is 5.95 Å². The molecule has 0 aliphatic carbocycles. The minimum atomic E-state index is -0.0700. The first kappa shape index (κ1) is 19.3. The summed E-state index contributed by atoms with van der Waals surface area (Å²) in [5.74, 6) is 0.447. The number of anilines is 1. The molecule has 0 saturated heterocycles. The highest BCUT2D eigenvalue weighted by atomic mass is 32.1. The fourth-order valence-corrected chi connectivity index (χ4v) is 3.56. The Bertz CT molecular complexity index is 1010. The third kappa shape index (κ3) is 4.61. The molecule has 27 heavy (non-hydrogen) atoms. The maximum atomic E-state index is 12.9.